The van der Waals surface area contributed by atoms with Crippen LogP contribution in [0.4, 0.5) is 0 Å². The van der Waals surface area contributed by atoms with E-state index in [2.05, 4.69) is 19.2 Å². The number of amides is 2. The summed E-state index contributed by atoms with van der Waals surface area (Å²) in [6.07, 6.45) is 4.60. The second-order valence-electron chi connectivity index (χ2n) is 8.52. The van der Waals surface area contributed by atoms with E-state index in [9.17, 15) is 9.59 Å². The van der Waals surface area contributed by atoms with Crippen LogP contribution in [0.1, 0.15) is 57.6 Å². The first-order chi connectivity index (χ1) is 13.0. The molecule has 2 heterocycles. The first-order valence-corrected chi connectivity index (χ1v) is 10.4. The van der Waals surface area contributed by atoms with Crippen LogP contribution in [0.5, 0.6) is 5.75 Å². The Morgan fingerprint density at radius 3 is 2.85 bits per heavy atom. The molecular weight excluding hydrogens is 340 g/mol. The molecule has 5 heteroatoms. The molecule has 0 unspecified atom stereocenters. The SMILES string of the molecule is C[C@@H]1[C@H](C)CCC[C@@H]1N1C[C@H](C(=O)N[C@@H]2CCOc3ccccc32)CC1=O. The molecule has 1 N–H and O–H groups in total. The maximum Gasteiger partial charge on any atom is 0.225 e. The van der Waals surface area contributed by atoms with Gasteiger partial charge in [-0.2, -0.15) is 0 Å². The zero-order valence-electron chi connectivity index (χ0n) is 16.3. The van der Waals surface area contributed by atoms with Gasteiger partial charge < -0.3 is 15.0 Å². The van der Waals surface area contributed by atoms with Crippen molar-refractivity contribution in [3.8, 4) is 5.75 Å². The van der Waals surface area contributed by atoms with Crippen LogP contribution in [-0.2, 0) is 9.59 Å². The zero-order valence-corrected chi connectivity index (χ0v) is 16.3. The molecule has 0 spiro atoms. The number of fused-ring (bicyclic) bond motifs is 1. The number of likely N-dealkylation sites (tertiary alicyclic amines) is 1. The molecule has 0 aromatic heterocycles. The molecule has 1 aromatic carbocycles. The van der Waals surface area contributed by atoms with Gasteiger partial charge in [-0.25, -0.2) is 0 Å². The number of para-hydroxylation sites is 1. The van der Waals surface area contributed by atoms with Gasteiger partial charge in [-0.3, -0.25) is 9.59 Å². The van der Waals surface area contributed by atoms with Gasteiger partial charge >= 0.3 is 0 Å². The lowest BCUT2D eigenvalue weighted by atomic mass is 9.77. The Labute approximate surface area is 161 Å². The third kappa shape index (κ3) is 3.56. The number of nitrogens with zero attached hydrogens (tertiary/aromatic N) is 1. The third-order valence-corrected chi connectivity index (χ3v) is 6.87. The summed E-state index contributed by atoms with van der Waals surface area (Å²) in [5.41, 5.74) is 1.04. The van der Waals surface area contributed by atoms with Crippen LogP contribution in [0.25, 0.3) is 0 Å². The lowest BCUT2D eigenvalue weighted by molar-refractivity contribution is -0.132. The van der Waals surface area contributed by atoms with Crippen LogP contribution < -0.4 is 10.1 Å². The predicted octanol–water partition coefficient (Wildman–Crippen LogP) is 3.30. The standard InChI is InChI=1S/C22H30N2O3/c1-14-6-5-8-19(15(14)2)24-13-16(12-21(24)25)22(26)23-18-10-11-27-20-9-4-3-7-17(18)20/h3-4,7,9,14-16,18-19H,5-6,8,10-13H2,1-2H3,(H,23,26)/t14-,15-,16-,18-,19+/m1/s1. The Morgan fingerprint density at radius 1 is 1.19 bits per heavy atom. The number of nitrogens with one attached hydrogen (secondary N) is 1. The average molecular weight is 370 g/mol. The Hall–Kier alpha value is -2.04. The third-order valence-electron chi connectivity index (χ3n) is 6.87. The fourth-order valence-corrected chi connectivity index (χ4v) is 5.00. The minimum Gasteiger partial charge on any atom is -0.493 e. The summed E-state index contributed by atoms with van der Waals surface area (Å²) in [5, 5.41) is 3.18. The van der Waals surface area contributed by atoms with Gasteiger partial charge in [0.1, 0.15) is 5.75 Å². The van der Waals surface area contributed by atoms with Gasteiger partial charge in [0.2, 0.25) is 11.8 Å². The molecule has 1 aliphatic carbocycles. The highest BCUT2D eigenvalue weighted by molar-refractivity contribution is 5.89. The first-order valence-electron chi connectivity index (χ1n) is 10.4. The van der Waals surface area contributed by atoms with Crippen LogP contribution in [-0.4, -0.2) is 35.9 Å². The van der Waals surface area contributed by atoms with E-state index in [-0.39, 0.29) is 23.8 Å². The van der Waals surface area contributed by atoms with Gasteiger partial charge in [0.15, 0.2) is 0 Å². The maximum atomic E-state index is 12.9. The minimum absolute atomic E-state index is 0.00376. The fraction of sp³-hybridized carbons (Fsp3) is 0.636. The van der Waals surface area contributed by atoms with Gasteiger partial charge in [-0.05, 0) is 24.3 Å². The lowest BCUT2D eigenvalue weighted by Gasteiger charge is -2.40. The molecule has 0 bridgehead atoms. The van der Waals surface area contributed by atoms with Gasteiger partial charge in [-0.1, -0.05) is 44.9 Å². The topological polar surface area (TPSA) is 58.6 Å². The second kappa shape index (κ2) is 7.53. The first kappa shape index (κ1) is 18.3. The van der Waals surface area contributed by atoms with E-state index in [1.807, 2.05) is 29.2 Å². The monoisotopic (exact) mass is 370 g/mol. The van der Waals surface area contributed by atoms with Crippen LogP contribution in [0, 0.1) is 17.8 Å². The molecule has 3 aliphatic rings. The Morgan fingerprint density at radius 2 is 2.00 bits per heavy atom. The smallest absolute Gasteiger partial charge is 0.225 e. The van der Waals surface area contributed by atoms with Crippen molar-refractivity contribution in [1.82, 2.24) is 10.2 Å². The molecule has 4 rings (SSSR count). The minimum atomic E-state index is -0.239. The van der Waals surface area contributed by atoms with Gasteiger partial charge in [0, 0.05) is 31.0 Å². The Balaban J connectivity index is 1.41. The quantitative estimate of drug-likeness (QED) is 0.888. The van der Waals surface area contributed by atoms with E-state index in [4.69, 9.17) is 4.74 Å². The van der Waals surface area contributed by atoms with Crippen LogP contribution in [0.3, 0.4) is 0 Å². The average Bonchev–Trinajstić information content (AvgIpc) is 3.06. The normalized spacial score (nSPS) is 33.3. The highest BCUT2D eigenvalue weighted by Crippen LogP contribution is 2.36. The van der Waals surface area contributed by atoms with Crippen molar-refractivity contribution in [3.63, 3.8) is 0 Å². The van der Waals surface area contributed by atoms with Crippen molar-refractivity contribution in [2.45, 2.75) is 58.0 Å². The maximum absolute atomic E-state index is 12.9. The highest BCUT2D eigenvalue weighted by Gasteiger charge is 2.42. The number of carbonyl (C=O) groups is 2. The van der Waals surface area contributed by atoms with E-state index in [0.717, 1.165) is 24.2 Å². The van der Waals surface area contributed by atoms with Crippen molar-refractivity contribution in [2.75, 3.05) is 13.2 Å². The van der Waals surface area contributed by atoms with Crippen molar-refractivity contribution in [1.29, 1.82) is 0 Å². The molecule has 1 saturated carbocycles. The summed E-state index contributed by atoms with van der Waals surface area (Å²) >= 11 is 0. The van der Waals surface area contributed by atoms with Crippen molar-refractivity contribution in [3.05, 3.63) is 29.8 Å². The van der Waals surface area contributed by atoms with E-state index in [1.165, 1.54) is 12.8 Å². The van der Waals surface area contributed by atoms with E-state index in [0.29, 0.717) is 37.5 Å². The summed E-state index contributed by atoms with van der Waals surface area (Å²) in [7, 11) is 0. The van der Waals surface area contributed by atoms with Crippen molar-refractivity contribution in [2.24, 2.45) is 17.8 Å². The van der Waals surface area contributed by atoms with E-state index < -0.39 is 0 Å². The van der Waals surface area contributed by atoms with Gasteiger partial charge in [0.25, 0.3) is 0 Å². The largest absolute Gasteiger partial charge is 0.493 e. The number of benzene rings is 1. The highest BCUT2D eigenvalue weighted by atomic mass is 16.5. The summed E-state index contributed by atoms with van der Waals surface area (Å²) in [5.74, 6) is 1.91. The number of hydrogen-bond donors (Lipinski definition) is 1. The number of carbonyl (C=O) groups excluding carboxylic acids is 2. The van der Waals surface area contributed by atoms with E-state index >= 15 is 0 Å². The van der Waals surface area contributed by atoms with Gasteiger partial charge in [0.05, 0.1) is 18.6 Å². The molecule has 5 nitrogen and oxygen atoms in total. The summed E-state index contributed by atoms with van der Waals surface area (Å²) in [4.78, 5) is 27.6. The Kier molecular flexibility index (Phi) is 5.11. The van der Waals surface area contributed by atoms with E-state index in [1.54, 1.807) is 0 Å². The van der Waals surface area contributed by atoms with Gasteiger partial charge in [-0.15, -0.1) is 0 Å². The molecule has 5 atom stereocenters. The van der Waals surface area contributed by atoms with Crippen molar-refractivity contribution < 1.29 is 14.3 Å². The van der Waals surface area contributed by atoms with Crippen LogP contribution in [0.15, 0.2) is 24.3 Å². The summed E-state index contributed by atoms with van der Waals surface area (Å²) < 4.78 is 5.68. The van der Waals surface area contributed by atoms with Crippen LogP contribution >= 0.6 is 0 Å². The lowest BCUT2D eigenvalue weighted by Crippen LogP contribution is -2.45. The fourth-order valence-electron chi connectivity index (χ4n) is 5.00. The zero-order chi connectivity index (χ0) is 19.0. The summed E-state index contributed by atoms with van der Waals surface area (Å²) in [6, 6.07) is 8.14. The molecule has 27 heavy (non-hydrogen) atoms. The predicted molar refractivity (Wildman–Crippen MR) is 103 cm³/mol. The molecule has 2 amide bonds. The molecule has 1 aromatic rings. The number of ether oxygens (including phenoxy) is 1. The number of hydrogen-bond acceptors (Lipinski definition) is 3. The molecule has 2 fully saturated rings. The Bertz CT molecular complexity index is 719. The molecule has 0 radical (unpaired) electrons. The second-order valence-corrected chi connectivity index (χ2v) is 8.52. The van der Waals surface area contributed by atoms with Crippen LogP contribution in [0.2, 0.25) is 0 Å². The summed E-state index contributed by atoms with van der Waals surface area (Å²) in [6.45, 7) is 5.71. The molecular formula is C22H30N2O3. The van der Waals surface area contributed by atoms with Crippen molar-refractivity contribution >= 4 is 11.8 Å². The molecule has 146 valence electrons. The number of rotatable bonds is 3. The molecule has 2 aliphatic heterocycles. The molecule has 1 saturated heterocycles.